The molecule has 0 amide bonds. The van der Waals surface area contributed by atoms with Crippen LogP contribution in [0.15, 0.2) is 17.5 Å². The first-order valence-corrected chi connectivity index (χ1v) is 9.00. The molecule has 5 heteroatoms. The molecule has 0 aliphatic heterocycles. The monoisotopic (exact) mass is 313 g/mol. The van der Waals surface area contributed by atoms with Gasteiger partial charge in [-0.2, -0.15) is 11.8 Å². The highest BCUT2D eigenvalue weighted by atomic mass is 32.2. The van der Waals surface area contributed by atoms with Crippen molar-refractivity contribution in [3.63, 3.8) is 0 Å². The van der Waals surface area contributed by atoms with Crippen LogP contribution in [0.3, 0.4) is 0 Å². The number of rotatable bonds is 8. The first-order chi connectivity index (χ1) is 9.60. The van der Waals surface area contributed by atoms with Crippen molar-refractivity contribution in [2.45, 2.75) is 43.9 Å². The number of methoxy groups -OCH3 is 1. The van der Waals surface area contributed by atoms with Crippen LogP contribution in [0.1, 0.15) is 42.7 Å². The van der Waals surface area contributed by atoms with Gasteiger partial charge in [0.05, 0.1) is 18.8 Å². The third kappa shape index (κ3) is 3.99. The van der Waals surface area contributed by atoms with Gasteiger partial charge in [-0.25, -0.2) is 0 Å². The zero-order valence-corrected chi connectivity index (χ0v) is 13.8. The highest BCUT2D eigenvalue weighted by Gasteiger charge is 2.45. The molecule has 1 aromatic heterocycles. The van der Waals surface area contributed by atoms with Crippen LogP contribution in [0.2, 0.25) is 0 Å². The average Bonchev–Trinajstić information content (AvgIpc) is 3.00. The second-order valence-corrected chi connectivity index (χ2v) is 7.68. The summed E-state index contributed by atoms with van der Waals surface area (Å²) in [6.45, 7) is 2.13. The highest BCUT2D eigenvalue weighted by Crippen LogP contribution is 2.53. The largest absolute Gasteiger partial charge is 0.469 e. The Hall–Kier alpha value is -0.520. The Morgan fingerprint density at radius 3 is 2.85 bits per heavy atom. The molecule has 1 aromatic rings. The van der Waals surface area contributed by atoms with Gasteiger partial charge in [0.15, 0.2) is 0 Å². The Morgan fingerprint density at radius 2 is 2.35 bits per heavy atom. The number of ether oxygens (including phenoxy) is 1. The molecule has 2 atom stereocenters. The van der Waals surface area contributed by atoms with Crippen LogP contribution in [-0.2, 0) is 9.53 Å². The van der Waals surface area contributed by atoms with E-state index in [1.165, 1.54) is 12.0 Å². The second-order valence-electron chi connectivity index (χ2n) is 5.57. The normalized spacial score (nSPS) is 19.4. The topological polar surface area (TPSA) is 52.3 Å². The highest BCUT2D eigenvalue weighted by molar-refractivity contribution is 7.99. The standard InChI is InChI=1S/C15H23NO2S2/c1-3-11(16)14(12-5-4-8-19-12)20-10-15(6-7-15)9-13(17)18-2/h4-5,8,11,14H,3,6-7,9-10,16H2,1-2H3. The minimum Gasteiger partial charge on any atom is -0.469 e. The Bertz CT molecular complexity index is 429. The molecule has 1 aliphatic rings. The van der Waals surface area contributed by atoms with Gasteiger partial charge in [-0.15, -0.1) is 11.3 Å². The molecule has 20 heavy (non-hydrogen) atoms. The minimum absolute atomic E-state index is 0.0874. The van der Waals surface area contributed by atoms with Gasteiger partial charge in [-0.3, -0.25) is 4.79 Å². The van der Waals surface area contributed by atoms with Crippen LogP contribution in [0.4, 0.5) is 0 Å². The predicted molar refractivity (Wildman–Crippen MR) is 86.1 cm³/mol. The molecule has 1 fully saturated rings. The number of carbonyl (C=O) groups excluding carboxylic acids is 1. The lowest BCUT2D eigenvalue weighted by molar-refractivity contribution is -0.141. The smallest absolute Gasteiger partial charge is 0.306 e. The maximum Gasteiger partial charge on any atom is 0.306 e. The summed E-state index contributed by atoms with van der Waals surface area (Å²) in [5.74, 6) is 0.911. The van der Waals surface area contributed by atoms with E-state index in [9.17, 15) is 4.79 Å². The minimum atomic E-state index is -0.0874. The van der Waals surface area contributed by atoms with E-state index >= 15 is 0 Å². The van der Waals surface area contributed by atoms with E-state index in [0.29, 0.717) is 11.7 Å². The van der Waals surface area contributed by atoms with Gasteiger partial charge in [0.25, 0.3) is 0 Å². The molecule has 3 nitrogen and oxygen atoms in total. The summed E-state index contributed by atoms with van der Waals surface area (Å²) in [5.41, 5.74) is 6.45. The van der Waals surface area contributed by atoms with Gasteiger partial charge in [-0.1, -0.05) is 13.0 Å². The molecule has 0 saturated heterocycles. The molecule has 0 spiro atoms. The lowest BCUT2D eigenvalue weighted by Crippen LogP contribution is -2.26. The Kier molecular flexibility index (Phi) is 5.52. The SMILES string of the molecule is CCC(N)C(SCC1(CC(=O)OC)CC1)c1cccs1. The molecule has 1 heterocycles. The molecule has 2 rings (SSSR count). The third-order valence-corrected chi connectivity index (χ3v) is 6.80. The Balaban J connectivity index is 1.94. The summed E-state index contributed by atoms with van der Waals surface area (Å²) in [6.07, 6.45) is 3.79. The molecule has 0 bridgehead atoms. The quantitative estimate of drug-likeness (QED) is 0.745. The lowest BCUT2D eigenvalue weighted by atomic mass is 10.1. The van der Waals surface area contributed by atoms with Crippen molar-refractivity contribution in [3.05, 3.63) is 22.4 Å². The Labute approximate surface area is 129 Å². The van der Waals surface area contributed by atoms with Gasteiger partial charge < -0.3 is 10.5 Å². The van der Waals surface area contributed by atoms with Crippen LogP contribution < -0.4 is 5.73 Å². The summed E-state index contributed by atoms with van der Waals surface area (Å²) in [6, 6.07) is 4.42. The number of thiophene rings is 1. The van der Waals surface area contributed by atoms with E-state index in [0.717, 1.165) is 25.0 Å². The second kappa shape index (κ2) is 6.96. The van der Waals surface area contributed by atoms with Crippen LogP contribution >= 0.6 is 23.1 Å². The van der Waals surface area contributed by atoms with Crippen LogP contribution in [0.25, 0.3) is 0 Å². The molecule has 0 radical (unpaired) electrons. The number of esters is 1. The molecule has 0 aromatic carbocycles. The maximum atomic E-state index is 11.5. The van der Waals surface area contributed by atoms with E-state index < -0.39 is 0 Å². The molecular weight excluding hydrogens is 290 g/mol. The van der Waals surface area contributed by atoms with E-state index in [1.54, 1.807) is 11.3 Å². The molecule has 112 valence electrons. The summed E-state index contributed by atoms with van der Waals surface area (Å²) < 4.78 is 4.80. The number of nitrogens with two attached hydrogens (primary N) is 1. The van der Waals surface area contributed by atoms with Crippen molar-refractivity contribution in [3.8, 4) is 0 Å². The van der Waals surface area contributed by atoms with Gasteiger partial charge in [0.1, 0.15) is 0 Å². The van der Waals surface area contributed by atoms with Crippen LogP contribution in [-0.4, -0.2) is 24.9 Å². The fourth-order valence-corrected chi connectivity index (χ4v) is 5.04. The zero-order chi connectivity index (χ0) is 14.6. The maximum absolute atomic E-state index is 11.5. The van der Waals surface area contributed by atoms with Crippen molar-refractivity contribution in [1.82, 2.24) is 0 Å². The molecular formula is C15H23NO2S2. The first-order valence-electron chi connectivity index (χ1n) is 7.07. The lowest BCUT2D eigenvalue weighted by Gasteiger charge is -2.24. The van der Waals surface area contributed by atoms with Crippen LogP contribution in [0.5, 0.6) is 0 Å². The van der Waals surface area contributed by atoms with E-state index in [-0.39, 0.29) is 17.4 Å². The van der Waals surface area contributed by atoms with Gasteiger partial charge in [0.2, 0.25) is 0 Å². The average molecular weight is 313 g/mol. The Morgan fingerprint density at radius 1 is 1.60 bits per heavy atom. The zero-order valence-electron chi connectivity index (χ0n) is 12.1. The van der Waals surface area contributed by atoms with Crippen molar-refractivity contribution < 1.29 is 9.53 Å². The molecule has 1 saturated carbocycles. The summed E-state index contributed by atoms with van der Waals surface area (Å²) in [5, 5.41) is 2.45. The molecule has 2 N–H and O–H groups in total. The van der Waals surface area contributed by atoms with Gasteiger partial charge in [-0.05, 0) is 36.1 Å². The van der Waals surface area contributed by atoms with Crippen LogP contribution in [0, 0.1) is 5.41 Å². The van der Waals surface area contributed by atoms with E-state index in [4.69, 9.17) is 10.5 Å². The number of hydrogen-bond donors (Lipinski definition) is 1. The third-order valence-electron chi connectivity index (χ3n) is 3.96. The van der Waals surface area contributed by atoms with Crippen molar-refractivity contribution in [1.29, 1.82) is 0 Å². The van der Waals surface area contributed by atoms with E-state index in [1.807, 2.05) is 11.8 Å². The summed E-state index contributed by atoms with van der Waals surface area (Å²) in [4.78, 5) is 12.8. The van der Waals surface area contributed by atoms with Crippen molar-refractivity contribution in [2.24, 2.45) is 11.1 Å². The first kappa shape index (κ1) is 15.9. The summed E-state index contributed by atoms with van der Waals surface area (Å²) >= 11 is 3.68. The molecule has 2 unspecified atom stereocenters. The summed E-state index contributed by atoms with van der Waals surface area (Å²) in [7, 11) is 1.47. The van der Waals surface area contributed by atoms with Gasteiger partial charge in [0, 0.05) is 16.7 Å². The van der Waals surface area contributed by atoms with Crippen molar-refractivity contribution >= 4 is 29.1 Å². The van der Waals surface area contributed by atoms with Crippen molar-refractivity contribution in [2.75, 3.05) is 12.9 Å². The van der Waals surface area contributed by atoms with E-state index in [2.05, 4.69) is 24.4 Å². The fraction of sp³-hybridized carbons (Fsp3) is 0.667. The fourth-order valence-electron chi connectivity index (χ4n) is 2.28. The molecule has 1 aliphatic carbocycles. The predicted octanol–water partition coefficient (Wildman–Crippen LogP) is 3.60. The number of carbonyl (C=O) groups is 1. The number of thioether (sulfide) groups is 1. The van der Waals surface area contributed by atoms with Gasteiger partial charge >= 0.3 is 5.97 Å². The number of hydrogen-bond acceptors (Lipinski definition) is 5.